The minimum atomic E-state index is -0.353. The van der Waals surface area contributed by atoms with Crippen molar-refractivity contribution in [3.05, 3.63) is 34.8 Å². The van der Waals surface area contributed by atoms with Gasteiger partial charge in [-0.2, -0.15) is 0 Å². The Bertz CT molecular complexity index is 895. The van der Waals surface area contributed by atoms with E-state index in [2.05, 4.69) is 23.6 Å². The molecule has 0 spiro atoms. The van der Waals surface area contributed by atoms with Crippen molar-refractivity contribution in [2.75, 3.05) is 26.2 Å². The molecular weight excluding hydrogens is 370 g/mol. The van der Waals surface area contributed by atoms with Gasteiger partial charge < -0.3 is 14.1 Å². The molecule has 0 bridgehead atoms. The highest BCUT2D eigenvalue weighted by molar-refractivity contribution is 5.77. The second kappa shape index (κ2) is 8.71. The van der Waals surface area contributed by atoms with Crippen LogP contribution < -0.4 is 5.76 Å². The highest BCUT2D eigenvalue weighted by atomic mass is 16.5. The maximum atomic E-state index is 12.9. The number of hydrogen-bond donors (Lipinski definition) is 0. The molecule has 3 atom stereocenters. The van der Waals surface area contributed by atoms with E-state index in [4.69, 9.17) is 9.15 Å². The van der Waals surface area contributed by atoms with E-state index < -0.39 is 0 Å². The van der Waals surface area contributed by atoms with Crippen LogP contribution in [0.2, 0.25) is 0 Å². The van der Waals surface area contributed by atoms with Crippen molar-refractivity contribution < 1.29 is 13.9 Å². The van der Waals surface area contributed by atoms with Crippen LogP contribution in [0.25, 0.3) is 11.1 Å². The molecule has 2 fully saturated rings. The van der Waals surface area contributed by atoms with Crippen LogP contribution in [0.1, 0.15) is 39.5 Å². The number of likely N-dealkylation sites (tertiary alicyclic amines) is 1. The van der Waals surface area contributed by atoms with Crippen LogP contribution in [-0.4, -0.2) is 64.7 Å². The van der Waals surface area contributed by atoms with E-state index in [9.17, 15) is 9.59 Å². The van der Waals surface area contributed by atoms with E-state index in [1.54, 1.807) is 10.6 Å². The number of nitrogens with zero attached hydrogens (tertiary/aromatic N) is 3. The monoisotopic (exact) mass is 401 g/mol. The van der Waals surface area contributed by atoms with Crippen LogP contribution in [0, 0.1) is 0 Å². The first-order valence-electron chi connectivity index (χ1n) is 10.8. The number of fused-ring (bicyclic) bond motifs is 1. The first kappa shape index (κ1) is 20.2. The third-order valence-corrected chi connectivity index (χ3v) is 6.01. The first-order valence-corrected chi connectivity index (χ1v) is 10.8. The van der Waals surface area contributed by atoms with E-state index in [0.29, 0.717) is 25.0 Å². The van der Waals surface area contributed by atoms with Crippen LogP contribution in [0.4, 0.5) is 0 Å². The molecule has 4 rings (SSSR count). The van der Waals surface area contributed by atoms with Crippen molar-refractivity contribution in [3.63, 3.8) is 0 Å². The Morgan fingerprint density at radius 1 is 1.17 bits per heavy atom. The Hall–Kier alpha value is -2.12. The molecule has 2 aliphatic heterocycles. The highest BCUT2D eigenvalue weighted by Gasteiger charge is 2.32. The van der Waals surface area contributed by atoms with Gasteiger partial charge in [0, 0.05) is 45.2 Å². The van der Waals surface area contributed by atoms with Crippen molar-refractivity contribution in [1.29, 1.82) is 0 Å². The lowest BCUT2D eigenvalue weighted by Gasteiger charge is -2.38. The zero-order chi connectivity index (χ0) is 20.4. The Kier molecular flexibility index (Phi) is 6.06. The first-order chi connectivity index (χ1) is 14.0. The van der Waals surface area contributed by atoms with E-state index in [1.165, 1.54) is 0 Å². The van der Waals surface area contributed by atoms with Crippen molar-refractivity contribution in [2.45, 2.75) is 64.3 Å². The minimum Gasteiger partial charge on any atom is -0.408 e. The van der Waals surface area contributed by atoms with Gasteiger partial charge >= 0.3 is 5.76 Å². The van der Waals surface area contributed by atoms with Crippen LogP contribution >= 0.6 is 0 Å². The second-order valence-corrected chi connectivity index (χ2v) is 8.45. The number of ether oxygens (including phenoxy) is 1. The number of aryl methyl sites for hydroxylation is 1. The topological polar surface area (TPSA) is 67.9 Å². The number of carbonyl (C=O) groups is 1. The molecule has 1 amide bonds. The molecule has 2 saturated heterocycles. The van der Waals surface area contributed by atoms with Crippen molar-refractivity contribution in [1.82, 2.24) is 14.4 Å². The molecule has 158 valence electrons. The summed E-state index contributed by atoms with van der Waals surface area (Å²) >= 11 is 0. The Labute approximate surface area is 171 Å². The average molecular weight is 402 g/mol. The van der Waals surface area contributed by atoms with Crippen molar-refractivity contribution in [2.24, 2.45) is 0 Å². The second-order valence-electron chi connectivity index (χ2n) is 8.45. The molecule has 2 aliphatic rings. The standard InChI is InChI=1S/C22H31N3O4/c1-16-13-23(14-17(2)28-16)15-18-7-5-11-24(18)21(26)10-6-12-25-19-8-3-4-9-20(19)29-22(25)27/h3-4,8-9,16-18H,5-7,10-15H2,1-2H3. The lowest BCUT2D eigenvalue weighted by molar-refractivity contribution is -0.133. The molecule has 29 heavy (non-hydrogen) atoms. The summed E-state index contributed by atoms with van der Waals surface area (Å²) in [5.41, 5.74) is 1.39. The van der Waals surface area contributed by atoms with Crippen LogP contribution in [-0.2, 0) is 16.1 Å². The van der Waals surface area contributed by atoms with Gasteiger partial charge in [0.1, 0.15) is 0 Å². The lowest BCUT2D eigenvalue weighted by Crippen LogP contribution is -2.50. The summed E-state index contributed by atoms with van der Waals surface area (Å²) in [5.74, 6) is -0.157. The minimum absolute atomic E-state index is 0.197. The van der Waals surface area contributed by atoms with Gasteiger partial charge in [-0.05, 0) is 45.2 Å². The molecule has 7 nitrogen and oxygen atoms in total. The summed E-state index contributed by atoms with van der Waals surface area (Å²) in [6, 6.07) is 7.70. The maximum Gasteiger partial charge on any atom is 0.419 e. The van der Waals surface area contributed by atoms with Gasteiger partial charge in [0.2, 0.25) is 5.91 Å². The van der Waals surface area contributed by atoms with Gasteiger partial charge in [0.05, 0.1) is 17.7 Å². The number of carbonyl (C=O) groups excluding carboxylic acids is 1. The van der Waals surface area contributed by atoms with Gasteiger partial charge in [0.15, 0.2) is 5.58 Å². The SMILES string of the molecule is CC1CN(CC2CCCN2C(=O)CCCn2c(=O)oc3ccccc32)CC(C)O1. The summed E-state index contributed by atoms with van der Waals surface area (Å²) in [5, 5.41) is 0. The van der Waals surface area contributed by atoms with Crippen LogP contribution in [0.15, 0.2) is 33.5 Å². The Morgan fingerprint density at radius 3 is 2.72 bits per heavy atom. The third kappa shape index (κ3) is 4.56. The molecule has 0 saturated carbocycles. The molecule has 3 heterocycles. The molecule has 3 unspecified atom stereocenters. The summed E-state index contributed by atoms with van der Waals surface area (Å²) in [7, 11) is 0. The van der Waals surface area contributed by atoms with Crippen molar-refractivity contribution >= 4 is 17.0 Å². The fraction of sp³-hybridized carbons (Fsp3) is 0.636. The van der Waals surface area contributed by atoms with Gasteiger partial charge in [-0.25, -0.2) is 4.79 Å². The number of benzene rings is 1. The normalized spacial score (nSPS) is 25.7. The third-order valence-electron chi connectivity index (χ3n) is 6.01. The Morgan fingerprint density at radius 2 is 1.93 bits per heavy atom. The number of rotatable bonds is 6. The predicted octanol–water partition coefficient (Wildman–Crippen LogP) is 2.47. The maximum absolute atomic E-state index is 12.9. The average Bonchev–Trinajstić information content (AvgIpc) is 3.25. The fourth-order valence-electron chi connectivity index (χ4n) is 4.84. The molecule has 7 heteroatoms. The molecule has 1 aromatic heterocycles. The number of aromatic nitrogens is 1. The number of oxazole rings is 1. The summed E-state index contributed by atoms with van der Waals surface area (Å²) in [6.07, 6.45) is 3.71. The number of hydrogen-bond acceptors (Lipinski definition) is 5. The molecule has 0 N–H and O–H groups in total. The molecule has 1 aromatic carbocycles. The quantitative estimate of drug-likeness (QED) is 0.744. The summed E-state index contributed by atoms with van der Waals surface area (Å²) in [4.78, 5) is 29.5. The van der Waals surface area contributed by atoms with Gasteiger partial charge in [0.25, 0.3) is 0 Å². The molecule has 2 aromatic rings. The van der Waals surface area contributed by atoms with Crippen LogP contribution in [0.5, 0.6) is 0 Å². The highest BCUT2D eigenvalue weighted by Crippen LogP contribution is 2.22. The van der Waals surface area contributed by atoms with Gasteiger partial charge in [-0.3, -0.25) is 14.3 Å². The largest absolute Gasteiger partial charge is 0.419 e. The zero-order valence-electron chi connectivity index (χ0n) is 17.4. The summed E-state index contributed by atoms with van der Waals surface area (Å²) < 4.78 is 12.7. The molecule has 0 aliphatic carbocycles. The summed E-state index contributed by atoms with van der Waals surface area (Å²) in [6.45, 7) is 8.35. The van der Waals surface area contributed by atoms with Gasteiger partial charge in [-0.1, -0.05) is 12.1 Å². The van der Waals surface area contributed by atoms with E-state index in [0.717, 1.165) is 44.5 Å². The van der Waals surface area contributed by atoms with E-state index >= 15 is 0 Å². The molecule has 0 radical (unpaired) electrons. The van der Waals surface area contributed by atoms with Crippen LogP contribution in [0.3, 0.4) is 0 Å². The predicted molar refractivity (Wildman–Crippen MR) is 111 cm³/mol. The van der Waals surface area contributed by atoms with E-state index in [-0.39, 0.29) is 29.9 Å². The number of para-hydroxylation sites is 2. The van der Waals surface area contributed by atoms with Crippen molar-refractivity contribution in [3.8, 4) is 0 Å². The number of morpholine rings is 1. The lowest BCUT2D eigenvalue weighted by atomic mass is 10.1. The number of amides is 1. The fourth-order valence-corrected chi connectivity index (χ4v) is 4.84. The molecular formula is C22H31N3O4. The van der Waals surface area contributed by atoms with E-state index in [1.807, 2.05) is 18.2 Å². The Balaban J connectivity index is 1.32. The zero-order valence-corrected chi connectivity index (χ0v) is 17.4. The van der Waals surface area contributed by atoms with Gasteiger partial charge in [-0.15, -0.1) is 0 Å². The smallest absolute Gasteiger partial charge is 0.408 e.